The molecule has 3 nitrogen and oxygen atoms in total. The molecule has 9 rings (SSSR count). The lowest BCUT2D eigenvalue weighted by molar-refractivity contribution is 0.329. The number of rotatable bonds is 15. The van der Waals surface area contributed by atoms with E-state index in [-0.39, 0.29) is 0 Å². The normalized spacial score (nSPS) is 15.9. The third kappa shape index (κ3) is 9.49. The number of hydrogen-bond acceptors (Lipinski definition) is 3. The van der Waals surface area contributed by atoms with E-state index >= 15 is 0 Å². The zero-order chi connectivity index (χ0) is 45.6. The molecule has 0 radical (unpaired) electrons. The average molecular weight is 863 g/mol. The van der Waals surface area contributed by atoms with E-state index in [4.69, 9.17) is 4.74 Å². The molecule has 3 heteroatoms. The van der Waals surface area contributed by atoms with Crippen LogP contribution in [0.25, 0.3) is 33.4 Å². The summed E-state index contributed by atoms with van der Waals surface area (Å²) in [7, 11) is 1.73. The first-order chi connectivity index (χ1) is 32.2. The predicted octanol–water partition coefficient (Wildman–Crippen LogP) is 17.2. The van der Waals surface area contributed by atoms with Gasteiger partial charge in [0.25, 0.3) is 0 Å². The summed E-state index contributed by atoms with van der Waals surface area (Å²) in [5.74, 6) is 1.19. The summed E-state index contributed by atoms with van der Waals surface area (Å²) >= 11 is 0. The van der Waals surface area contributed by atoms with Crippen LogP contribution in [0.5, 0.6) is 5.75 Å². The third-order valence-corrected chi connectivity index (χ3v) is 13.7. The molecule has 0 aromatic heterocycles. The van der Waals surface area contributed by atoms with Crippen LogP contribution in [-0.2, 0) is 6.42 Å². The maximum absolute atomic E-state index is 5.56. The Kier molecular flexibility index (Phi) is 13.1. The van der Waals surface area contributed by atoms with Crippen molar-refractivity contribution >= 4 is 33.9 Å². The highest BCUT2D eigenvalue weighted by atomic mass is 16.5. The number of fused-ring (bicyclic) bond motifs is 3. The van der Waals surface area contributed by atoms with E-state index in [1.807, 2.05) is 0 Å². The predicted molar refractivity (Wildman–Crippen MR) is 282 cm³/mol. The monoisotopic (exact) mass is 862 g/mol. The van der Waals surface area contributed by atoms with Crippen LogP contribution in [0.4, 0.5) is 22.7 Å². The van der Waals surface area contributed by atoms with Crippen LogP contribution >= 0.6 is 0 Å². The van der Waals surface area contributed by atoms with Gasteiger partial charge in [0.05, 0.1) is 7.11 Å². The van der Waals surface area contributed by atoms with Gasteiger partial charge in [0.1, 0.15) is 5.75 Å². The first-order valence-corrected chi connectivity index (χ1v) is 23.7. The molecule has 2 unspecified atom stereocenters. The molecule has 1 aliphatic heterocycles. The van der Waals surface area contributed by atoms with Crippen molar-refractivity contribution in [3.63, 3.8) is 0 Å². The molecule has 1 aliphatic carbocycles. The van der Waals surface area contributed by atoms with Gasteiger partial charge < -0.3 is 14.5 Å². The van der Waals surface area contributed by atoms with Crippen molar-refractivity contribution in [1.29, 1.82) is 0 Å². The Bertz CT molecular complexity index is 2850. The number of methoxy groups -OCH3 is 1. The third-order valence-electron chi connectivity index (χ3n) is 13.7. The maximum atomic E-state index is 5.56. The molecule has 0 saturated carbocycles. The number of allylic oxidation sites excluding steroid dienone is 5. The Labute approximate surface area is 393 Å². The summed E-state index contributed by atoms with van der Waals surface area (Å²) in [5.41, 5.74) is 18.6. The van der Waals surface area contributed by atoms with E-state index in [1.54, 1.807) is 7.11 Å². The standard InChI is InChI=1S/C63H62N2O/c1-7-41-63(4,5)44-46-20-22-48(23-21-46)49-24-26-51(27-25-49)53-31-40-62-60(43-53)59-42-52(30-39-61(59)65(62)57-35-37-58(66-6)38-36-57)45(3)19-32-54(8-2)64(55-17-13-10-14-18-55)56-33-28-50(29-34-56)47-15-11-9-12-16-47/h8-39,42,60,62H,3,7,40-41,43-44H2,1-2,4-6H3/b32-19-,54-8+. The van der Waals surface area contributed by atoms with Crippen LogP contribution in [0.3, 0.4) is 0 Å². The Balaban J connectivity index is 0.979. The lowest BCUT2D eigenvalue weighted by Gasteiger charge is -2.33. The van der Waals surface area contributed by atoms with Gasteiger partial charge in [-0.05, 0) is 160 Å². The molecule has 0 saturated heterocycles. The molecule has 1 heterocycles. The van der Waals surface area contributed by atoms with Crippen molar-refractivity contribution in [2.45, 2.75) is 71.8 Å². The van der Waals surface area contributed by atoms with Gasteiger partial charge in [-0.15, -0.1) is 0 Å². The fraction of sp³-hybridized carbons (Fsp3) is 0.206. The van der Waals surface area contributed by atoms with Gasteiger partial charge in [-0.3, -0.25) is 0 Å². The van der Waals surface area contributed by atoms with Gasteiger partial charge in [-0.25, -0.2) is 0 Å². The minimum Gasteiger partial charge on any atom is -0.497 e. The van der Waals surface area contributed by atoms with Gasteiger partial charge in [0, 0.05) is 40.4 Å². The highest BCUT2D eigenvalue weighted by Crippen LogP contribution is 2.53. The zero-order valence-electron chi connectivity index (χ0n) is 39.3. The molecule has 0 spiro atoms. The van der Waals surface area contributed by atoms with E-state index < -0.39 is 0 Å². The quantitative estimate of drug-likeness (QED) is 0.0955. The smallest absolute Gasteiger partial charge is 0.119 e. The number of benzene rings is 7. The minimum absolute atomic E-state index is 0.304. The second kappa shape index (κ2) is 19.6. The van der Waals surface area contributed by atoms with E-state index in [0.29, 0.717) is 17.4 Å². The summed E-state index contributed by atoms with van der Waals surface area (Å²) < 4.78 is 5.56. The molecule has 330 valence electrons. The molecule has 7 aromatic carbocycles. The van der Waals surface area contributed by atoms with Crippen LogP contribution in [0, 0.1) is 5.41 Å². The number of anilines is 4. The van der Waals surface area contributed by atoms with Gasteiger partial charge in [-0.2, -0.15) is 0 Å². The number of ether oxygens (including phenoxy) is 1. The molecule has 0 amide bonds. The molecular weight excluding hydrogens is 801 g/mol. The van der Waals surface area contributed by atoms with E-state index in [9.17, 15) is 0 Å². The average Bonchev–Trinajstić information content (AvgIpc) is 3.69. The Morgan fingerprint density at radius 3 is 1.92 bits per heavy atom. The SMILES string of the molecule is C=C(/C=C\C(=C/C)N(c1ccccc1)c1ccc(-c2ccccc2)cc1)c1ccc2c(c1)C1CC(c3ccc(-c4ccc(CC(C)(C)CCC)cc4)cc3)=CCC1N2c1ccc(OC)cc1. The van der Waals surface area contributed by atoms with Crippen LogP contribution < -0.4 is 14.5 Å². The summed E-state index contributed by atoms with van der Waals surface area (Å²) in [5, 5.41) is 0. The molecule has 2 aliphatic rings. The highest BCUT2D eigenvalue weighted by Gasteiger charge is 2.41. The number of nitrogens with zero attached hydrogens (tertiary/aromatic N) is 2. The van der Waals surface area contributed by atoms with Crippen molar-refractivity contribution in [1.82, 2.24) is 0 Å². The minimum atomic E-state index is 0.304. The Morgan fingerprint density at radius 1 is 0.697 bits per heavy atom. The Hall–Kier alpha value is -7.10. The lowest BCUT2D eigenvalue weighted by atomic mass is 9.79. The molecule has 0 fully saturated rings. The largest absolute Gasteiger partial charge is 0.497 e. The lowest BCUT2D eigenvalue weighted by Crippen LogP contribution is -2.31. The van der Waals surface area contributed by atoms with Gasteiger partial charge in [0.2, 0.25) is 0 Å². The highest BCUT2D eigenvalue weighted by molar-refractivity contribution is 5.83. The fourth-order valence-corrected chi connectivity index (χ4v) is 10.3. The van der Waals surface area contributed by atoms with Crippen molar-refractivity contribution < 1.29 is 4.74 Å². The molecule has 0 bridgehead atoms. The second-order valence-corrected chi connectivity index (χ2v) is 18.7. The summed E-state index contributed by atoms with van der Waals surface area (Å²) in [6, 6.07) is 64.3. The van der Waals surface area contributed by atoms with Crippen LogP contribution in [-0.4, -0.2) is 13.2 Å². The van der Waals surface area contributed by atoms with Crippen LogP contribution in [0.2, 0.25) is 0 Å². The van der Waals surface area contributed by atoms with Crippen molar-refractivity contribution in [2.24, 2.45) is 5.41 Å². The van der Waals surface area contributed by atoms with E-state index in [2.05, 4.69) is 244 Å². The number of para-hydroxylation sites is 1. The molecule has 2 atom stereocenters. The van der Waals surface area contributed by atoms with Crippen molar-refractivity contribution in [2.75, 3.05) is 16.9 Å². The maximum Gasteiger partial charge on any atom is 0.119 e. The fourth-order valence-electron chi connectivity index (χ4n) is 10.3. The molecule has 7 aromatic rings. The van der Waals surface area contributed by atoms with Gasteiger partial charge >= 0.3 is 0 Å². The topological polar surface area (TPSA) is 15.7 Å². The Morgan fingerprint density at radius 2 is 1.29 bits per heavy atom. The van der Waals surface area contributed by atoms with Gasteiger partial charge in [0.15, 0.2) is 0 Å². The number of hydrogen-bond donors (Lipinski definition) is 0. The first kappa shape index (κ1) is 44.1. The molecular formula is C63H62N2O. The van der Waals surface area contributed by atoms with Crippen LogP contribution in [0.15, 0.2) is 213 Å². The summed E-state index contributed by atoms with van der Waals surface area (Å²) in [4.78, 5) is 4.87. The molecule has 0 N–H and O–H groups in total. The van der Waals surface area contributed by atoms with Crippen molar-refractivity contribution in [3.05, 3.63) is 235 Å². The molecule has 66 heavy (non-hydrogen) atoms. The zero-order valence-corrected chi connectivity index (χ0v) is 39.3. The van der Waals surface area contributed by atoms with E-state index in [1.165, 1.54) is 68.7 Å². The van der Waals surface area contributed by atoms with E-state index in [0.717, 1.165) is 53.2 Å². The van der Waals surface area contributed by atoms with Crippen LogP contribution in [0.1, 0.15) is 81.5 Å². The van der Waals surface area contributed by atoms with Crippen molar-refractivity contribution in [3.8, 4) is 28.0 Å². The van der Waals surface area contributed by atoms with Gasteiger partial charge in [-0.1, -0.05) is 167 Å². The summed E-state index contributed by atoms with van der Waals surface area (Å²) in [6.45, 7) is 13.8. The first-order valence-electron chi connectivity index (χ1n) is 23.7. The second-order valence-electron chi connectivity index (χ2n) is 18.7. The summed E-state index contributed by atoms with van der Waals surface area (Å²) in [6.07, 6.45) is 14.5.